The summed E-state index contributed by atoms with van der Waals surface area (Å²) in [6.07, 6.45) is -4.02. The molecule has 1 aromatic carbocycles. The number of rotatable bonds is 4. The highest BCUT2D eigenvalue weighted by molar-refractivity contribution is 5.81. The Bertz CT molecular complexity index is 1060. The number of hydrogen-bond donors (Lipinski definition) is 1. The zero-order chi connectivity index (χ0) is 22.5. The van der Waals surface area contributed by atoms with Crippen molar-refractivity contribution in [1.82, 2.24) is 4.57 Å². The van der Waals surface area contributed by atoms with Gasteiger partial charge in [0.2, 0.25) is 0 Å². The Morgan fingerprint density at radius 1 is 1.23 bits per heavy atom. The topological polar surface area (TPSA) is 60.4 Å². The molecule has 30 heavy (non-hydrogen) atoms. The van der Waals surface area contributed by atoms with Crippen molar-refractivity contribution in [2.75, 3.05) is 0 Å². The normalized spacial score (nSPS) is 18.2. The van der Waals surface area contributed by atoms with Crippen molar-refractivity contribution >= 4 is 11.5 Å². The van der Waals surface area contributed by atoms with E-state index in [0.29, 0.717) is 11.1 Å². The summed E-state index contributed by atoms with van der Waals surface area (Å²) >= 11 is 0. The number of aliphatic imine (C=N–C) groups is 1. The molecule has 1 aromatic heterocycles. The standard InChI is InChI=1S/C21H22F5N3O/c1-12-14(5-4-6-16(12)21(24,25)26)7-15-9-29(19(3)10-20(22,23)11-19)18(30)8-17(15)28-13(2)27/h4-6,8-9H,7,10-11H2,1-3H3,(H2,27,28). The second-order valence-electron chi connectivity index (χ2n) is 8.12. The van der Waals surface area contributed by atoms with Gasteiger partial charge < -0.3 is 10.3 Å². The highest BCUT2D eigenvalue weighted by Gasteiger charge is 2.55. The lowest BCUT2D eigenvalue weighted by molar-refractivity contribution is -0.146. The van der Waals surface area contributed by atoms with Crippen molar-refractivity contribution < 1.29 is 22.0 Å². The Balaban J connectivity index is 2.11. The van der Waals surface area contributed by atoms with Crippen LogP contribution in [0, 0.1) is 6.92 Å². The van der Waals surface area contributed by atoms with Crippen LogP contribution in [0.1, 0.15) is 48.9 Å². The lowest BCUT2D eigenvalue weighted by atomic mass is 9.74. The number of hydrogen-bond acceptors (Lipinski definition) is 2. The van der Waals surface area contributed by atoms with Crippen LogP contribution < -0.4 is 11.3 Å². The smallest absolute Gasteiger partial charge is 0.387 e. The predicted molar refractivity (Wildman–Crippen MR) is 104 cm³/mol. The van der Waals surface area contributed by atoms with E-state index < -0.39 is 41.6 Å². The van der Waals surface area contributed by atoms with Crippen molar-refractivity contribution in [1.29, 1.82) is 0 Å². The molecule has 1 aliphatic carbocycles. The molecule has 0 radical (unpaired) electrons. The average Bonchev–Trinajstić information content (AvgIpc) is 2.55. The van der Waals surface area contributed by atoms with E-state index in [1.807, 2.05) is 0 Å². The van der Waals surface area contributed by atoms with Crippen LogP contribution in [-0.4, -0.2) is 16.3 Å². The molecule has 0 amide bonds. The van der Waals surface area contributed by atoms with E-state index in [4.69, 9.17) is 5.73 Å². The first-order valence-corrected chi connectivity index (χ1v) is 9.32. The van der Waals surface area contributed by atoms with Crippen LogP contribution in [-0.2, 0) is 18.1 Å². The number of halogens is 5. The molecule has 1 saturated carbocycles. The third-order valence-corrected chi connectivity index (χ3v) is 5.40. The minimum absolute atomic E-state index is 0.0363. The Hall–Kier alpha value is -2.71. The Kier molecular flexibility index (Phi) is 5.28. The maximum absolute atomic E-state index is 13.5. The third kappa shape index (κ3) is 4.24. The van der Waals surface area contributed by atoms with E-state index in [1.165, 1.54) is 36.7 Å². The summed E-state index contributed by atoms with van der Waals surface area (Å²) in [4.78, 5) is 16.7. The molecular weight excluding hydrogens is 405 g/mol. The predicted octanol–water partition coefficient (Wildman–Crippen LogP) is 4.92. The van der Waals surface area contributed by atoms with Crippen LogP contribution in [0.4, 0.5) is 27.6 Å². The quantitative estimate of drug-likeness (QED) is 0.428. The van der Waals surface area contributed by atoms with Gasteiger partial charge in [0, 0.05) is 31.5 Å². The van der Waals surface area contributed by atoms with E-state index in [0.717, 1.165) is 6.07 Å². The minimum Gasteiger partial charge on any atom is -0.387 e. The first-order valence-electron chi connectivity index (χ1n) is 9.32. The van der Waals surface area contributed by atoms with Crippen LogP contribution in [0.15, 0.2) is 40.2 Å². The van der Waals surface area contributed by atoms with Gasteiger partial charge in [-0.3, -0.25) is 4.79 Å². The molecule has 0 aliphatic heterocycles. The van der Waals surface area contributed by atoms with E-state index >= 15 is 0 Å². The number of alkyl halides is 5. The molecule has 0 atom stereocenters. The van der Waals surface area contributed by atoms with Gasteiger partial charge in [-0.2, -0.15) is 13.2 Å². The summed E-state index contributed by atoms with van der Waals surface area (Å²) in [5.74, 6) is -2.69. The highest BCUT2D eigenvalue weighted by Crippen LogP contribution is 2.49. The molecule has 1 aliphatic rings. The largest absolute Gasteiger partial charge is 0.416 e. The minimum atomic E-state index is -4.50. The van der Waals surface area contributed by atoms with Gasteiger partial charge in [0.25, 0.3) is 11.5 Å². The number of nitrogens with zero attached hydrogens (tertiary/aromatic N) is 2. The zero-order valence-electron chi connectivity index (χ0n) is 16.8. The fourth-order valence-corrected chi connectivity index (χ4v) is 4.04. The van der Waals surface area contributed by atoms with Gasteiger partial charge in [0.15, 0.2) is 0 Å². The van der Waals surface area contributed by atoms with Crippen LogP contribution in [0.5, 0.6) is 0 Å². The summed E-state index contributed by atoms with van der Waals surface area (Å²) in [6.45, 7) is 4.44. The number of aromatic nitrogens is 1. The maximum Gasteiger partial charge on any atom is 0.416 e. The molecule has 2 aromatic rings. The first-order chi connectivity index (χ1) is 13.7. The van der Waals surface area contributed by atoms with Crippen molar-refractivity contribution in [3.8, 4) is 0 Å². The summed E-state index contributed by atoms with van der Waals surface area (Å²) in [7, 11) is 0. The van der Waals surface area contributed by atoms with Crippen molar-refractivity contribution in [3.05, 3.63) is 63.1 Å². The average molecular weight is 427 g/mol. The Labute approximate surface area is 170 Å². The molecular formula is C21H22F5N3O. The molecule has 2 N–H and O–H groups in total. The van der Waals surface area contributed by atoms with E-state index in [2.05, 4.69) is 4.99 Å². The van der Waals surface area contributed by atoms with Crippen molar-refractivity contribution in [2.24, 2.45) is 10.7 Å². The lowest BCUT2D eigenvalue weighted by Crippen LogP contribution is -2.54. The van der Waals surface area contributed by atoms with Gasteiger partial charge in [-0.05, 0) is 43.5 Å². The fraction of sp³-hybridized carbons (Fsp3) is 0.429. The van der Waals surface area contributed by atoms with Gasteiger partial charge in [-0.1, -0.05) is 12.1 Å². The van der Waals surface area contributed by atoms with Gasteiger partial charge in [0.1, 0.15) is 0 Å². The Morgan fingerprint density at radius 2 is 1.87 bits per heavy atom. The van der Waals surface area contributed by atoms with Gasteiger partial charge in [-0.25, -0.2) is 13.8 Å². The molecule has 4 nitrogen and oxygen atoms in total. The van der Waals surface area contributed by atoms with Crippen LogP contribution in [0.25, 0.3) is 0 Å². The zero-order valence-corrected chi connectivity index (χ0v) is 16.8. The molecule has 0 bridgehead atoms. The van der Waals surface area contributed by atoms with E-state index in [1.54, 1.807) is 13.0 Å². The summed E-state index contributed by atoms with van der Waals surface area (Å²) in [5, 5.41) is 0. The number of nitrogens with two attached hydrogens (primary N) is 1. The molecule has 9 heteroatoms. The van der Waals surface area contributed by atoms with Gasteiger partial charge in [0.05, 0.1) is 22.6 Å². The molecule has 1 heterocycles. The van der Waals surface area contributed by atoms with Crippen molar-refractivity contribution in [3.63, 3.8) is 0 Å². The Morgan fingerprint density at radius 3 is 2.40 bits per heavy atom. The monoisotopic (exact) mass is 427 g/mol. The molecule has 0 spiro atoms. The number of pyridine rings is 1. The second-order valence-corrected chi connectivity index (χ2v) is 8.12. The lowest BCUT2D eigenvalue weighted by Gasteiger charge is -2.46. The molecule has 0 unspecified atom stereocenters. The molecule has 3 rings (SSSR count). The van der Waals surface area contributed by atoms with E-state index in [9.17, 15) is 26.7 Å². The second kappa shape index (κ2) is 7.21. The summed E-state index contributed by atoms with van der Waals surface area (Å²) in [5.41, 5.74) is 4.39. The third-order valence-electron chi connectivity index (χ3n) is 5.40. The van der Waals surface area contributed by atoms with Crippen LogP contribution in [0.3, 0.4) is 0 Å². The molecule has 1 fully saturated rings. The summed E-state index contributed by atoms with van der Waals surface area (Å²) < 4.78 is 68.0. The number of benzene rings is 1. The molecule has 162 valence electrons. The summed E-state index contributed by atoms with van der Waals surface area (Å²) in [6, 6.07) is 5.06. The molecule has 0 saturated heterocycles. The van der Waals surface area contributed by atoms with Crippen LogP contribution in [0.2, 0.25) is 0 Å². The van der Waals surface area contributed by atoms with Gasteiger partial charge in [-0.15, -0.1) is 0 Å². The van der Waals surface area contributed by atoms with Gasteiger partial charge >= 0.3 is 6.18 Å². The fourth-order valence-electron chi connectivity index (χ4n) is 4.04. The number of amidine groups is 1. The first kappa shape index (κ1) is 22.0. The maximum atomic E-state index is 13.5. The SMILES string of the molecule is CC(N)=Nc1cc(=O)n(C2(C)CC(F)(F)C2)cc1Cc1cccc(C(F)(F)F)c1C. The highest BCUT2D eigenvalue weighted by atomic mass is 19.4. The van der Waals surface area contributed by atoms with E-state index in [-0.39, 0.29) is 23.5 Å². The van der Waals surface area contributed by atoms with Crippen LogP contribution >= 0.6 is 0 Å². The van der Waals surface area contributed by atoms with Crippen molar-refractivity contribution in [2.45, 2.75) is 57.7 Å².